The number of hydrogen-bond acceptors (Lipinski definition) is 2. The molecule has 2 aromatic rings. The molecule has 0 unspecified atom stereocenters. The monoisotopic (exact) mass is 685 g/mol. The first-order valence-corrected chi connectivity index (χ1v) is 22.0. The van der Waals surface area contributed by atoms with Gasteiger partial charge in [0.2, 0.25) is 0 Å². The molecule has 0 radical (unpaired) electrons. The molecule has 50 heavy (non-hydrogen) atoms. The first-order chi connectivity index (χ1) is 24.6. The number of hydrogen-bond donors (Lipinski definition) is 0. The van der Waals surface area contributed by atoms with Crippen molar-refractivity contribution in [1.82, 2.24) is 0 Å². The predicted octanol–water partition coefficient (Wildman–Crippen LogP) is 16.2. The number of unbranched alkanes of at least 4 members (excludes halogenated alkanes) is 19. The number of nitrogens with zero attached hydrogens (tertiary/aromatic N) is 2. The minimum absolute atomic E-state index is 0.998. The van der Waals surface area contributed by atoms with E-state index in [0.717, 1.165) is 49.2 Å². The molecule has 0 aliphatic rings. The van der Waals surface area contributed by atoms with Crippen LogP contribution in [0.15, 0.2) is 46.4 Å². The normalized spacial score (nSPS) is 12.1. The molecule has 0 saturated carbocycles. The number of aryl methyl sites for hydroxylation is 4. The molecule has 0 bridgehead atoms. The topological polar surface area (TPSA) is 24.7 Å². The van der Waals surface area contributed by atoms with Gasteiger partial charge >= 0.3 is 0 Å². The highest BCUT2D eigenvalue weighted by Crippen LogP contribution is 2.24. The summed E-state index contributed by atoms with van der Waals surface area (Å²) < 4.78 is 0. The second-order valence-corrected chi connectivity index (χ2v) is 15.2. The summed E-state index contributed by atoms with van der Waals surface area (Å²) in [7, 11) is 0. The molecular weight excluding hydrogens is 605 g/mol. The number of benzene rings is 2. The van der Waals surface area contributed by atoms with Crippen molar-refractivity contribution in [3.05, 3.63) is 58.7 Å². The van der Waals surface area contributed by atoms with E-state index in [1.54, 1.807) is 0 Å². The van der Waals surface area contributed by atoms with Crippen LogP contribution in [0.1, 0.15) is 217 Å². The Hall–Kier alpha value is -2.22. The lowest BCUT2D eigenvalue weighted by atomic mass is 9.99. The van der Waals surface area contributed by atoms with Gasteiger partial charge in [0.15, 0.2) is 0 Å². The summed E-state index contributed by atoms with van der Waals surface area (Å²) in [6.45, 7) is 11.4. The van der Waals surface area contributed by atoms with Crippen LogP contribution in [0.3, 0.4) is 0 Å². The molecular formula is C48H80N2. The van der Waals surface area contributed by atoms with Gasteiger partial charge in [0.25, 0.3) is 0 Å². The Morgan fingerprint density at radius 1 is 0.400 bits per heavy atom. The highest BCUT2D eigenvalue weighted by Gasteiger charge is 2.06. The molecule has 2 heteroatoms. The third-order valence-corrected chi connectivity index (χ3v) is 10.4. The molecule has 0 aliphatic heterocycles. The zero-order valence-electron chi connectivity index (χ0n) is 33.9. The van der Waals surface area contributed by atoms with Crippen LogP contribution in [-0.4, -0.2) is 11.9 Å². The molecule has 2 rings (SSSR count). The highest BCUT2D eigenvalue weighted by atomic mass is 14.8. The van der Waals surface area contributed by atoms with Gasteiger partial charge in [0.05, 0.1) is 17.1 Å². The van der Waals surface area contributed by atoms with Gasteiger partial charge in [0.1, 0.15) is 0 Å². The Bertz CT molecular complexity index is 1160. The Kier molecular flexibility index (Phi) is 26.7. The summed E-state index contributed by atoms with van der Waals surface area (Å²) in [6.07, 6.45) is 40.6. The second kappa shape index (κ2) is 30.4. The van der Waals surface area contributed by atoms with Crippen molar-refractivity contribution >= 4 is 23.3 Å². The summed E-state index contributed by atoms with van der Waals surface area (Å²) in [5, 5.41) is 0. The molecule has 2 aromatic carbocycles. The molecule has 0 heterocycles. The zero-order chi connectivity index (χ0) is 35.9. The third-order valence-electron chi connectivity index (χ3n) is 10.4. The third kappa shape index (κ3) is 20.6. The lowest BCUT2D eigenvalue weighted by molar-refractivity contribution is 0.522. The van der Waals surface area contributed by atoms with Gasteiger partial charge in [-0.05, 0) is 85.0 Å². The van der Waals surface area contributed by atoms with Crippen LogP contribution in [0.5, 0.6) is 0 Å². The standard InChI is InChI=1S/C48H80N2/c1-6-11-12-13-14-15-16-17-18-19-20-21-22-23-24-25-26-27-28-29-34-48(50-47-38-36-43(31-8-3)45(40-47)33-10-5)41-49-46-37-35-42(30-7-2)44(39-46)32-9-4/h35-41H,6-34H2,1-5H3. The molecule has 282 valence electrons. The predicted molar refractivity (Wildman–Crippen MR) is 227 cm³/mol. The minimum Gasteiger partial charge on any atom is -0.255 e. The first kappa shape index (κ1) is 43.9. The summed E-state index contributed by atoms with van der Waals surface area (Å²) in [5.74, 6) is 0. The smallest absolute Gasteiger partial charge is 0.0636 e. The molecule has 0 aliphatic carbocycles. The van der Waals surface area contributed by atoms with Crippen LogP contribution < -0.4 is 0 Å². The van der Waals surface area contributed by atoms with E-state index in [1.807, 2.05) is 0 Å². The largest absolute Gasteiger partial charge is 0.255 e. The maximum atomic E-state index is 5.21. The molecule has 0 aromatic heterocycles. The summed E-state index contributed by atoms with van der Waals surface area (Å²) >= 11 is 0. The average Bonchev–Trinajstić information content (AvgIpc) is 3.12. The molecule has 0 atom stereocenters. The SMILES string of the molecule is CCCCCCCCCCCCCCCCCCCCCCC(C=Nc1ccc(CCC)c(CCC)c1)=Nc1ccc(CCC)c(CCC)c1. The fourth-order valence-corrected chi connectivity index (χ4v) is 7.43. The van der Waals surface area contributed by atoms with Crippen LogP contribution >= 0.6 is 0 Å². The van der Waals surface area contributed by atoms with E-state index in [1.165, 1.54) is 176 Å². The van der Waals surface area contributed by atoms with E-state index in [4.69, 9.17) is 9.98 Å². The van der Waals surface area contributed by atoms with E-state index in [0.29, 0.717) is 0 Å². The van der Waals surface area contributed by atoms with E-state index in [9.17, 15) is 0 Å². The van der Waals surface area contributed by atoms with Gasteiger partial charge < -0.3 is 0 Å². The molecule has 0 amide bonds. The lowest BCUT2D eigenvalue weighted by Gasteiger charge is -2.10. The molecule has 0 N–H and O–H groups in total. The van der Waals surface area contributed by atoms with E-state index in [2.05, 4.69) is 77.2 Å². The van der Waals surface area contributed by atoms with Gasteiger partial charge in [0, 0.05) is 6.21 Å². The van der Waals surface area contributed by atoms with E-state index >= 15 is 0 Å². The maximum absolute atomic E-state index is 5.21. The molecule has 2 nitrogen and oxygen atoms in total. The summed E-state index contributed by atoms with van der Waals surface area (Å²) in [4.78, 5) is 10.2. The van der Waals surface area contributed by atoms with Crippen molar-refractivity contribution in [2.75, 3.05) is 0 Å². The fourth-order valence-electron chi connectivity index (χ4n) is 7.43. The maximum Gasteiger partial charge on any atom is 0.0636 e. The quantitative estimate of drug-likeness (QED) is 0.0541. The molecule has 0 spiro atoms. The first-order valence-electron chi connectivity index (χ1n) is 22.0. The van der Waals surface area contributed by atoms with Gasteiger partial charge in [-0.2, -0.15) is 0 Å². The van der Waals surface area contributed by atoms with Crippen molar-refractivity contribution in [3.63, 3.8) is 0 Å². The summed E-state index contributed by atoms with van der Waals surface area (Å²) in [5.41, 5.74) is 9.19. The van der Waals surface area contributed by atoms with Crippen molar-refractivity contribution in [3.8, 4) is 0 Å². The van der Waals surface area contributed by atoms with Crippen molar-refractivity contribution in [2.45, 2.75) is 221 Å². The van der Waals surface area contributed by atoms with Crippen LogP contribution in [0.4, 0.5) is 11.4 Å². The Morgan fingerprint density at radius 3 is 1.18 bits per heavy atom. The zero-order valence-corrected chi connectivity index (χ0v) is 33.9. The van der Waals surface area contributed by atoms with Gasteiger partial charge in [-0.1, -0.05) is 194 Å². The lowest BCUT2D eigenvalue weighted by Crippen LogP contribution is -2.01. The average molecular weight is 685 g/mol. The minimum atomic E-state index is 0.998. The number of aliphatic imine (C=N–C) groups is 2. The molecule has 0 saturated heterocycles. The van der Waals surface area contributed by atoms with Crippen LogP contribution in [0.25, 0.3) is 0 Å². The van der Waals surface area contributed by atoms with E-state index in [-0.39, 0.29) is 0 Å². The Morgan fingerprint density at radius 2 is 0.760 bits per heavy atom. The van der Waals surface area contributed by atoms with Crippen molar-refractivity contribution in [2.24, 2.45) is 9.98 Å². The molecule has 0 fully saturated rings. The highest BCUT2D eigenvalue weighted by molar-refractivity contribution is 6.31. The van der Waals surface area contributed by atoms with Crippen molar-refractivity contribution in [1.29, 1.82) is 0 Å². The van der Waals surface area contributed by atoms with Crippen LogP contribution in [0, 0.1) is 0 Å². The van der Waals surface area contributed by atoms with Gasteiger partial charge in [-0.3, -0.25) is 9.98 Å². The van der Waals surface area contributed by atoms with Gasteiger partial charge in [-0.25, -0.2) is 0 Å². The van der Waals surface area contributed by atoms with Crippen LogP contribution in [0.2, 0.25) is 0 Å². The van der Waals surface area contributed by atoms with E-state index < -0.39 is 0 Å². The number of rotatable bonds is 32. The Balaban J connectivity index is 1.78. The van der Waals surface area contributed by atoms with Gasteiger partial charge in [-0.15, -0.1) is 0 Å². The second-order valence-electron chi connectivity index (χ2n) is 15.2. The van der Waals surface area contributed by atoms with Crippen molar-refractivity contribution < 1.29 is 0 Å². The fraction of sp³-hybridized carbons (Fsp3) is 0.708. The Labute approximate surface area is 311 Å². The summed E-state index contributed by atoms with van der Waals surface area (Å²) in [6, 6.07) is 13.7. The van der Waals surface area contributed by atoms with Crippen LogP contribution in [-0.2, 0) is 25.7 Å².